The van der Waals surface area contributed by atoms with Gasteiger partial charge in [0.05, 0.1) is 13.3 Å². The Kier molecular flexibility index (Phi) is 5.51. The Morgan fingerprint density at radius 1 is 1.19 bits per heavy atom. The van der Waals surface area contributed by atoms with Crippen LogP contribution < -0.4 is 20.5 Å². The van der Waals surface area contributed by atoms with E-state index in [2.05, 4.69) is 10.5 Å². The molecule has 0 atom stereocenters. The first-order chi connectivity index (χ1) is 13.0. The molecule has 0 fully saturated rings. The number of hydrogen-bond donors (Lipinski definition) is 1. The molecule has 0 saturated heterocycles. The minimum Gasteiger partial charge on any atom is -0.497 e. The van der Waals surface area contributed by atoms with Gasteiger partial charge in [0.15, 0.2) is 6.61 Å². The summed E-state index contributed by atoms with van der Waals surface area (Å²) in [5.41, 5.74) is 3.97. The third-order valence-corrected chi connectivity index (χ3v) is 3.79. The molecule has 3 rings (SSSR count). The fraction of sp³-hybridized carbons (Fsp3) is 0.150. The van der Waals surface area contributed by atoms with Crippen molar-refractivity contribution in [3.8, 4) is 11.5 Å². The summed E-state index contributed by atoms with van der Waals surface area (Å²) in [6.45, 7) is 1.60. The molecule has 2 aromatic carbocycles. The van der Waals surface area contributed by atoms with E-state index < -0.39 is 11.5 Å². The van der Waals surface area contributed by atoms with Gasteiger partial charge in [0.1, 0.15) is 17.1 Å². The molecule has 0 saturated carbocycles. The van der Waals surface area contributed by atoms with Gasteiger partial charge in [-0.15, -0.1) is 0 Å². The Hall–Kier alpha value is -3.61. The summed E-state index contributed by atoms with van der Waals surface area (Å²) in [5.74, 6) is 0.704. The van der Waals surface area contributed by atoms with Crippen molar-refractivity contribution in [3.05, 3.63) is 70.1 Å². The van der Waals surface area contributed by atoms with Gasteiger partial charge in [0.2, 0.25) is 0 Å². The molecule has 0 aliphatic rings. The smallest absolute Gasteiger partial charge is 0.336 e. The third kappa shape index (κ3) is 4.72. The van der Waals surface area contributed by atoms with Crippen molar-refractivity contribution < 1.29 is 18.7 Å². The summed E-state index contributed by atoms with van der Waals surface area (Å²) in [4.78, 5) is 23.3. The van der Waals surface area contributed by atoms with Crippen LogP contribution in [0.25, 0.3) is 11.0 Å². The SMILES string of the molecule is COc1cccc(/C=N\NC(=O)COc2ccc3c(C)cc(=O)oc3c2)c1. The molecule has 138 valence electrons. The van der Waals surface area contributed by atoms with E-state index in [9.17, 15) is 9.59 Å². The van der Waals surface area contributed by atoms with Crippen LogP contribution >= 0.6 is 0 Å². The van der Waals surface area contributed by atoms with Gasteiger partial charge in [-0.1, -0.05) is 12.1 Å². The quantitative estimate of drug-likeness (QED) is 0.411. The van der Waals surface area contributed by atoms with Crippen molar-refractivity contribution in [1.82, 2.24) is 5.43 Å². The lowest BCUT2D eigenvalue weighted by atomic mass is 10.1. The number of nitrogens with zero attached hydrogens (tertiary/aromatic N) is 1. The fourth-order valence-corrected chi connectivity index (χ4v) is 2.48. The zero-order valence-electron chi connectivity index (χ0n) is 14.9. The van der Waals surface area contributed by atoms with E-state index in [-0.39, 0.29) is 6.61 Å². The number of hydrazone groups is 1. The van der Waals surface area contributed by atoms with Gasteiger partial charge in [-0.3, -0.25) is 4.79 Å². The van der Waals surface area contributed by atoms with Gasteiger partial charge in [-0.2, -0.15) is 5.10 Å². The van der Waals surface area contributed by atoms with Crippen molar-refractivity contribution >= 4 is 23.1 Å². The molecule has 1 amide bonds. The summed E-state index contributed by atoms with van der Waals surface area (Å²) >= 11 is 0. The maximum Gasteiger partial charge on any atom is 0.336 e. The number of carbonyl (C=O) groups is 1. The number of amides is 1. The molecular formula is C20H18N2O5. The number of benzene rings is 2. The number of carbonyl (C=O) groups excluding carboxylic acids is 1. The summed E-state index contributed by atoms with van der Waals surface area (Å²) in [6.07, 6.45) is 1.51. The number of methoxy groups -OCH3 is 1. The highest BCUT2D eigenvalue weighted by Gasteiger charge is 2.06. The molecule has 0 unspecified atom stereocenters. The van der Waals surface area contributed by atoms with Gasteiger partial charge < -0.3 is 13.9 Å². The van der Waals surface area contributed by atoms with E-state index in [0.717, 1.165) is 16.5 Å². The lowest BCUT2D eigenvalue weighted by molar-refractivity contribution is -0.123. The van der Waals surface area contributed by atoms with E-state index in [4.69, 9.17) is 13.9 Å². The summed E-state index contributed by atoms with van der Waals surface area (Å²) in [6, 6.07) is 13.8. The molecule has 7 heteroatoms. The van der Waals surface area contributed by atoms with Crippen LogP contribution in [0.3, 0.4) is 0 Å². The standard InChI is InChI=1S/C20H18N2O5/c1-13-8-20(24)27-18-10-16(6-7-17(13)18)26-12-19(23)22-21-11-14-4-3-5-15(9-14)25-2/h3-11H,12H2,1-2H3,(H,22,23)/b21-11-. The zero-order valence-corrected chi connectivity index (χ0v) is 14.9. The van der Waals surface area contributed by atoms with Gasteiger partial charge >= 0.3 is 5.63 Å². The molecule has 0 bridgehead atoms. The fourth-order valence-electron chi connectivity index (χ4n) is 2.48. The molecule has 7 nitrogen and oxygen atoms in total. The first kappa shape index (κ1) is 18.2. The van der Waals surface area contributed by atoms with Crippen molar-refractivity contribution in [2.24, 2.45) is 5.10 Å². The lowest BCUT2D eigenvalue weighted by Crippen LogP contribution is -2.24. The zero-order chi connectivity index (χ0) is 19.2. The molecule has 1 heterocycles. The number of fused-ring (bicyclic) bond motifs is 1. The third-order valence-electron chi connectivity index (χ3n) is 3.79. The van der Waals surface area contributed by atoms with Crippen molar-refractivity contribution in [3.63, 3.8) is 0 Å². The van der Waals surface area contributed by atoms with E-state index >= 15 is 0 Å². The van der Waals surface area contributed by atoms with Crippen LogP contribution in [0.5, 0.6) is 11.5 Å². The number of nitrogens with one attached hydrogen (secondary N) is 1. The average Bonchev–Trinajstić information content (AvgIpc) is 2.66. The Bertz CT molecular complexity index is 1060. The maximum absolute atomic E-state index is 11.9. The first-order valence-electron chi connectivity index (χ1n) is 8.18. The van der Waals surface area contributed by atoms with Crippen LogP contribution in [-0.4, -0.2) is 25.8 Å². The molecule has 0 radical (unpaired) electrons. The van der Waals surface area contributed by atoms with E-state index in [1.165, 1.54) is 12.3 Å². The topological polar surface area (TPSA) is 90.1 Å². The Morgan fingerprint density at radius 3 is 2.85 bits per heavy atom. The minimum atomic E-state index is -0.429. The largest absolute Gasteiger partial charge is 0.497 e. The molecule has 1 N–H and O–H groups in total. The number of rotatable bonds is 6. The minimum absolute atomic E-state index is 0.225. The summed E-state index contributed by atoms with van der Waals surface area (Å²) in [7, 11) is 1.58. The predicted molar refractivity (Wildman–Crippen MR) is 101 cm³/mol. The molecular weight excluding hydrogens is 348 g/mol. The predicted octanol–water partition coefficient (Wildman–Crippen LogP) is 2.64. The average molecular weight is 366 g/mol. The van der Waals surface area contributed by atoms with Gasteiger partial charge in [0.25, 0.3) is 5.91 Å². The highest BCUT2D eigenvalue weighted by Crippen LogP contribution is 2.22. The van der Waals surface area contributed by atoms with Crippen LogP contribution in [0.1, 0.15) is 11.1 Å². The lowest BCUT2D eigenvalue weighted by Gasteiger charge is -2.06. The molecule has 27 heavy (non-hydrogen) atoms. The Morgan fingerprint density at radius 2 is 2.04 bits per heavy atom. The highest BCUT2D eigenvalue weighted by molar-refractivity contribution is 5.84. The van der Waals surface area contributed by atoms with Crippen LogP contribution in [0, 0.1) is 6.92 Å². The van der Waals surface area contributed by atoms with Crippen LogP contribution in [-0.2, 0) is 4.79 Å². The molecule has 0 aliphatic carbocycles. The molecule has 0 spiro atoms. The highest BCUT2D eigenvalue weighted by atomic mass is 16.5. The monoisotopic (exact) mass is 366 g/mol. The Labute approximate surface area is 155 Å². The van der Waals surface area contributed by atoms with Crippen molar-refractivity contribution in [2.75, 3.05) is 13.7 Å². The maximum atomic E-state index is 11.9. The number of ether oxygens (including phenoxy) is 2. The second kappa shape index (κ2) is 8.18. The summed E-state index contributed by atoms with van der Waals surface area (Å²) in [5, 5.41) is 4.70. The van der Waals surface area contributed by atoms with Gasteiger partial charge in [-0.05, 0) is 42.3 Å². The number of hydrogen-bond acceptors (Lipinski definition) is 6. The van der Waals surface area contributed by atoms with Crippen LogP contribution in [0.2, 0.25) is 0 Å². The van der Waals surface area contributed by atoms with E-state index in [1.54, 1.807) is 31.4 Å². The van der Waals surface area contributed by atoms with Gasteiger partial charge in [0, 0.05) is 17.5 Å². The van der Waals surface area contributed by atoms with Crippen molar-refractivity contribution in [1.29, 1.82) is 0 Å². The second-order valence-electron chi connectivity index (χ2n) is 5.76. The normalized spacial score (nSPS) is 10.9. The molecule has 3 aromatic rings. The number of aryl methyl sites for hydroxylation is 1. The van der Waals surface area contributed by atoms with E-state index in [0.29, 0.717) is 17.1 Å². The molecule has 0 aliphatic heterocycles. The second-order valence-corrected chi connectivity index (χ2v) is 5.76. The van der Waals surface area contributed by atoms with Crippen LogP contribution in [0.4, 0.5) is 0 Å². The van der Waals surface area contributed by atoms with Crippen LogP contribution in [0.15, 0.2) is 62.8 Å². The van der Waals surface area contributed by atoms with Gasteiger partial charge in [-0.25, -0.2) is 10.2 Å². The first-order valence-corrected chi connectivity index (χ1v) is 8.18. The van der Waals surface area contributed by atoms with Crippen molar-refractivity contribution in [2.45, 2.75) is 6.92 Å². The summed E-state index contributed by atoms with van der Waals surface area (Å²) < 4.78 is 15.7. The Balaban J connectivity index is 1.58. The molecule has 1 aromatic heterocycles. The van der Waals surface area contributed by atoms with E-state index in [1.807, 2.05) is 25.1 Å².